The molecule has 0 spiro atoms. The zero-order valence-electron chi connectivity index (χ0n) is 13.4. The summed E-state index contributed by atoms with van der Waals surface area (Å²) in [5.74, 6) is 0.224. The molecule has 1 aliphatic rings. The highest BCUT2D eigenvalue weighted by molar-refractivity contribution is 6.15. The summed E-state index contributed by atoms with van der Waals surface area (Å²) >= 11 is 0. The second-order valence-corrected chi connectivity index (χ2v) is 5.63. The van der Waals surface area contributed by atoms with E-state index in [4.69, 9.17) is 9.57 Å². The van der Waals surface area contributed by atoms with E-state index in [9.17, 15) is 4.79 Å². The van der Waals surface area contributed by atoms with Gasteiger partial charge in [0.25, 0.3) is 0 Å². The van der Waals surface area contributed by atoms with Crippen LogP contribution in [0.5, 0.6) is 5.75 Å². The molecular weight excluding hydrogens is 314 g/mol. The number of nitrogens with zero attached hydrogens (tertiary/aromatic N) is 1. The number of oxime groups is 1. The molecule has 122 valence electrons. The lowest BCUT2D eigenvalue weighted by Crippen LogP contribution is -2.08. The van der Waals surface area contributed by atoms with Crippen molar-refractivity contribution in [2.45, 2.75) is 6.61 Å². The Kier molecular flexibility index (Phi) is 4.01. The van der Waals surface area contributed by atoms with Crippen LogP contribution in [0.25, 0.3) is 0 Å². The highest BCUT2D eigenvalue weighted by Gasteiger charge is 2.21. The van der Waals surface area contributed by atoms with E-state index >= 15 is 0 Å². The van der Waals surface area contributed by atoms with Gasteiger partial charge in [0.2, 0.25) is 0 Å². The monoisotopic (exact) mass is 329 g/mol. The summed E-state index contributed by atoms with van der Waals surface area (Å²) in [7, 11) is 0. The SMILES string of the molecule is O=C(ON=C1c2ccccc2COc2ccccc21)c1ccccc1. The van der Waals surface area contributed by atoms with Crippen molar-refractivity contribution in [2.75, 3.05) is 0 Å². The van der Waals surface area contributed by atoms with Crippen LogP contribution in [0.1, 0.15) is 27.0 Å². The number of benzene rings is 3. The zero-order valence-corrected chi connectivity index (χ0v) is 13.4. The Morgan fingerprint density at radius 1 is 0.840 bits per heavy atom. The zero-order chi connectivity index (χ0) is 17.1. The first-order valence-electron chi connectivity index (χ1n) is 7.98. The first kappa shape index (κ1) is 15.1. The molecule has 3 aromatic carbocycles. The van der Waals surface area contributed by atoms with Gasteiger partial charge in [0.1, 0.15) is 18.1 Å². The van der Waals surface area contributed by atoms with Crippen LogP contribution in [0.15, 0.2) is 84.0 Å². The molecule has 0 aliphatic carbocycles. The summed E-state index contributed by atoms with van der Waals surface area (Å²) in [5.41, 5.74) is 3.74. The quantitative estimate of drug-likeness (QED) is 0.523. The molecule has 4 heteroatoms. The number of rotatable bonds is 2. The molecule has 0 radical (unpaired) electrons. The molecule has 0 saturated heterocycles. The molecule has 0 atom stereocenters. The predicted molar refractivity (Wildman–Crippen MR) is 94.7 cm³/mol. The second-order valence-electron chi connectivity index (χ2n) is 5.63. The third-order valence-corrected chi connectivity index (χ3v) is 4.03. The van der Waals surface area contributed by atoms with Crippen LogP contribution in [0.2, 0.25) is 0 Å². The number of fused-ring (bicyclic) bond motifs is 2. The fraction of sp³-hybridized carbons (Fsp3) is 0.0476. The molecule has 0 fully saturated rings. The average Bonchev–Trinajstić information content (AvgIpc) is 2.84. The summed E-state index contributed by atoms with van der Waals surface area (Å²) < 4.78 is 5.88. The molecule has 0 N–H and O–H groups in total. The van der Waals surface area contributed by atoms with Crippen LogP contribution in [0.4, 0.5) is 0 Å². The van der Waals surface area contributed by atoms with Gasteiger partial charge >= 0.3 is 5.97 Å². The highest BCUT2D eigenvalue weighted by atomic mass is 16.7. The first-order chi connectivity index (χ1) is 12.3. The van der Waals surface area contributed by atoms with Gasteiger partial charge in [0, 0.05) is 11.1 Å². The van der Waals surface area contributed by atoms with Gasteiger partial charge in [-0.1, -0.05) is 59.8 Å². The standard InChI is InChI=1S/C21H15NO3/c23-21(15-8-2-1-3-9-15)25-22-20-17-11-5-4-10-16(17)14-24-19-13-7-6-12-18(19)20/h1-13H,14H2. The van der Waals surface area contributed by atoms with Crippen molar-refractivity contribution in [2.24, 2.45) is 5.16 Å². The fourth-order valence-electron chi connectivity index (χ4n) is 2.78. The number of ether oxygens (including phenoxy) is 1. The van der Waals surface area contributed by atoms with Gasteiger partial charge in [0.05, 0.1) is 5.56 Å². The summed E-state index contributed by atoms with van der Waals surface area (Å²) in [6, 6.07) is 24.2. The molecule has 0 amide bonds. The van der Waals surface area contributed by atoms with E-state index in [0.717, 1.165) is 16.7 Å². The van der Waals surface area contributed by atoms with Crippen molar-refractivity contribution < 1.29 is 14.4 Å². The van der Waals surface area contributed by atoms with E-state index in [1.54, 1.807) is 24.3 Å². The van der Waals surface area contributed by atoms with E-state index in [2.05, 4.69) is 5.16 Å². The number of hydrogen-bond donors (Lipinski definition) is 0. The summed E-state index contributed by atoms with van der Waals surface area (Å²) in [6.07, 6.45) is 0. The Bertz CT molecular complexity index is 899. The number of carbonyl (C=O) groups excluding carboxylic acids is 1. The van der Waals surface area contributed by atoms with Crippen LogP contribution in [0, 0.1) is 0 Å². The van der Waals surface area contributed by atoms with Gasteiger partial charge in [-0.3, -0.25) is 0 Å². The van der Waals surface area contributed by atoms with E-state index in [0.29, 0.717) is 23.6 Å². The maximum Gasteiger partial charge on any atom is 0.365 e. The normalized spacial score (nSPS) is 14.0. The lowest BCUT2D eigenvalue weighted by atomic mass is 9.98. The molecule has 0 unspecified atom stereocenters. The molecule has 4 nitrogen and oxygen atoms in total. The molecule has 0 saturated carbocycles. The van der Waals surface area contributed by atoms with Crippen LogP contribution in [-0.2, 0) is 11.4 Å². The number of para-hydroxylation sites is 1. The van der Waals surface area contributed by atoms with Gasteiger partial charge in [-0.25, -0.2) is 4.79 Å². The Balaban J connectivity index is 1.76. The molecule has 25 heavy (non-hydrogen) atoms. The van der Waals surface area contributed by atoms with Crippen LogP contribution in [0.3, 0.4) is 0 Å². The van der Waals surface area contributed by atoms with Crippen LogP contribution < -0.4 is 4.74 Å². The Labute approximate surface area is 145 Å². The van der Waals surface area contributed by atoms with Gasteiger partial charge in [-0.05, 0) is 29.8 Å². The minimum Gasteiger partial charge on any atom is -0.488 e. The average molecular weight is 329 g/mol. The van der Waals surface area contributed by atoms with Crippen molar-refractivity contribution in [3.05, 3.63) is 101 Å². The lowest BCUT2D eigenvalue weighted by molar-refractivity contribution is 0.0517. The van der Waals surface area contributed by atoms with E-state index in [-0.39, 0.29) is 0 Å². The number of hydrogen-bond acceptors (Lipinski definition) is 4. The van der Waals surface area contributed by atoms with E-state index < -0.39 is 5.97 Å². The van der Waals surface area contributed by atoms with E-state index in [1.807, 2.05) is 54.6 Å². The van der Waals surface area contributed by atoms with Gasteiger partial charge in [0.15, 0.2) is 0 Å². The van der Waals surface area contributed by atoms with Gasteiger partial charge in [-0.2, -0.15) is 0 Å². The van der Waals surface area contributed by atoms with Crippen LogP contribution in [-0.4, -0.2) is 11.7 Å². The van der Waals surface area contributed by atoms with Crippen molar-refractivity contribution in [3.63, 3.8) is 0 Å². The summed E-state index contributed by atoms with van der Waals surface area (Å²) in [5, 5.41) is 4.19. The first-order valence-corrected chi connectivity index (χ1v) is 7.98. The Morgan fingerprint density at radius 3 is 2.36 bits per heavy atom. The molecule has 3 aromatic rings. The largest absolute Gasteiger partial charge is 0.488 e. The Hall–Kier alpha value is -3.40. The third kappa shape index (κ3) is 3.02. The Morgan fingerprint density at radius 2 is 1.52 bits per heavy atom. The second kappa shape index (κ2) is 6.61. The van der Waals surface area contributed by atoms with Gasteiger partial charge in [-0.15, -0.1) is 0 Å². The van der Waals surface area contributed by atoms with Gasteiger partial charge < -0.3 is 9.57 Å². The molecular formula is C21H15NO3. The molecule has 0 aromatic heterocycles. The van der Waals surface area contributed by atoms with E-state index in [1.165, 1.54) is 0 Å². The topological polar surface area (TPSA) is 47.9 Å². The van der Waals surface area contributed by atoms with Crippen molar-refractivity contribution in [3.8, 4) is 5.75 Å². The molecule has 1 heterocycles. The highest BCUT2D eigenvalue weighted by Crippen LogP contribution is 2.28. The minimum atomic E-state index is -0.492. The maximum atomic E-state index is 12.2. The summed E-state index contributed by atoms with van der Waals surface area (Å²) in [4.78, 5) is 17.5. The fourth-order valence-corrected chi connectivity index (χ4v) is 2.78. The maximum absolute atomic E-state index is 12.2. The van der Waals surface area contributed by atoms with Crippen molar-refractivity contribution in [1.82, 2.24) is 0 Å². The smallest absolute Gasteiger partial charge is 0.365 e. The third-order valence-electron chi connectivity index (χ3n) is 4.03. The van der Waals surface area contributed by atoms with Crippen molar-refractivity contribution in [1.29, 1.82) is 0 Å². The van der Waals surface area contributed by atoms with Crippen molar-refractivity contribution >= 4 is 11.7 Å². The lowest BCUT2D eigenvalue weighted by Gasteiger charge is -2.08. The molecule has 0 bridgehead atoms. The summed E-state index contributed by atoms with van der Waals surface area (Å²) in [6.45, 7) is 0.443. The molecule has 1 aliphatic heterocycles. The number of carbonyl (C=O) groups is 1. The predicted octanol–water partition coefficient (Wildman–Crippen LogP) is 4.19. The van der Waals surface area contributed by atoms with Crippen LogP contribution >= 0.6 is 0 Å². The minimum absolute atomic E-state index is 0.443. The molecule has 4 rings (SSSR count).